The molecule has 0 spiro atoms. The Morgan fingerprint density at radius 2 is 1.59 bits per heavy atom. The van der Waals surface area contributed by atoms with Gasteiger partial charge < -0.3 is 24.8 Å². The molecule has 1 heterocycles. The summed E-state index contributed by atoms with van der Waals surface area (Å²) in [6.45, 7) is 5.81. The number of alkyl carbamates (subject to hydrolysis) is 1. The molecule has 2 aliphatic rings. The van der Waals surface area contributed by atoms with Crippen molar-refractivity contribution in [2.75, 3.05) is 19.7 Å². The molecule has 2 aromatic rings. The highest BCUT2D eigenvalue weighted by Crippen LogP contribution is 2.44. The fourth-order valence-corrected chi connectivity index (χ4v) is 4.73. The van der Waals surface area contributed by atoms with Crippen LogP contribution in [0.5, 0.6) is 0 Å². The van der Waals surface area contributed by atoms with E-state index in [1.807, 2.05) is 36.4 Å². The summed E-state index contributed by atoms with van der Waals surface area (Å²) in [6, 6.07) is 15.6. The van der Waals surface area contributed by atoms with Gasteiger partial charge in [0.2, 0.25) is 0 Å². The molecule has 0 aromatic heterocycles. The van der Waals surface area contributed by atoms with Crippen LogP contribution in [0, 0.1) is 5.92 Å². The van der Waals surface area contributed by atoms with E-state index < -0.39 is 35.7 Å². The molecule has 34 heavy (non-hydrogen) atoms. The van der Waals surface area contributed by atoms with Crippen LogP contribution in [-0.2, 0) is 14.3 Å². The minimum Gasteiger partial charge on any atom is -0.481 e. The predicted molar refractivity (Wildman–Crippen MR) is 126 cm³/mol. The Bertz CT molecular complexity index is 1050. The number of fused-ring (bicyclic) bond motifs is 3. The average molecular weight is 467 g/mol. The lowest BCUT2D eigenvalue weighted by molar-refractivity contribution is -0.138. The van der Waals surface area contributed by atoms with Crippen LogP contribution in [0.1, 0.15) is 44.2 Å². The molecule has 1 saturated heterocycles. The first kappa shape index (κ1) is 23.6. The standard InChI is InChI=1S/C26H30N2O6/c1-26(2,3)34-25(32)28-13-16(12-23(29)30)22(14-28)27-24(31)33-15-21-19-10-6-4-8-17(19)18-9-5-7-11-20(18)21/h4-11,16,21-22H,12-15H2,1-3H3,(H,27,31)(H,29,30)/t16-,22-/m0/s1. The van der Waals surface area contributed by atoms with Gasteiger partial charge in [0.05, 0.1) is 12.5 Å². The molecule has 0 unspecified atom stereocenters. The van der Waals surface area contributed by atoms with Gasteiger partial charge in [-0.05, 0) is 43.0 Å². The second-order valence-electron chi connectivity index (χ2n) is 9.82. The summed E-state index contributed by atoms with van der Waals surface area (Å²) in [5, 5.41) is 12.1. The van der Waals surface area contributed by atoms with Gasteiger partial charge in [0.25, 0.3) is 0 Å². The van der Waals surface area contributed by atoms with Crippen LogP contribution in [0.15, 0.2) is 48.5 Å². The number of nitrogens with zero attached hydrogens (tertiary/aromatic N) is 1. The first-order valence-electron chi connectivity index (χ1n) is 11.4. The van der Waals surface area contributed by atoms with Crippen LogP contribution >= 0.6 is 0 Å². The van der Waals surface area contributed by atoms with E-state index in [4.69, 9.17) is 9.47 Å². The fraction of sp³-hybridized carbons (Fsp3) is 0.423. The van der Waals surface area contributed by atoms with Gasteiger partial charge in [0, 0.05) is 24.9 Å². The Morgan fingerprint density at radius 1 is 1.00 bits per heavy atom. The number of carbonyl (C=O) groups excluding carboxylic acids is 2. The van der Waals surface area contributed by atoms with Gasteiger partial charge in [0.15, 0.2) is 0 Å². The van der Waals surface area contributed by atoms with Gasteiger partial charge in [-0.25, -0.2) is 9.59 Å². The smallest absolute Gasteiger partial charge is 0.410 e. The van der Waals surface area contributed by atoms with Crippen LogP contribution in [0.2, 0.25) is 0 Å². The second-order valence-corrected chi connectivity index (χ2v) is 9.82. The molecule has 8 nitrogen and oxygen atoms in total. The van der Waals surface area contributed by atoms with Crippen molar-refractivity contribution in [3.05, 3.63) is 59.7 Å². The highest BCUT2D eigenvalue weighted by Gasteiger charge is 2.39. The summed E-state index contributed by atoms with van der Waals surface area (Å²) < 4.78 is 11.0. The lowest BCUT2D eigenvalue weighted by Gasteiger charge is -2.24. The van der Waals surface area contributed by atoms with Crippen molar-refractivity contribution in [2.24, 2.45) is 5.92 Å². The third-order valence-corrected chi connectivity index (χ3v) is 6.18. The van der Waals surface area contributed by atoms with E-state index in [1.54, 1.807) is 20.8 Å². The number of aliphatic carboxylic acids is 1. The van der Waals surface area contributed by atoms with Crippen molar-refractivity contribution < 1.29 is 29.0 Å². The normalized spacial score (nSPS) is 19.3. The lowest BCUT2D eigenvalue weighted by atomic mass is 9.98. The van der Waals surface area contributed by atoms with E-state index in [0.29, 0.717) is 0 Å². The molecule has 0 saturated carbocycles. The molecular weight excluding hydrogens is 436 g/mol. The zero-order valence-electron chi connectivity index (χ0n) is 19.6. The molecule has 0 radical (unpaired) electrons. The molecule has 1 fully saturated rings. The minimum absolute atomic E-state index is 0.0743. The summed E-state index contributed by atoms with van der Waals surface area (Å²) in [6.07, 6.45) is -1.33. The van der Waals surface area contributed by atoms with E-state index in [2.05, 4.69) is 17.4 Å². The van der Waals surface area contributed by atoms with E-state index in [-0.39, 0.29) is 32.0 Å². The van der Waals surface area contributed by atoms with Gasteiger partial charge in [-0.15, -0.1) is 0 Å². The van der Waals surface area contributed by atoms with Crippen molar-refractivity contribution in [1.82, 2.24) is 10.2 Å². The number of ether oxygens (including phenoxy) is 2. The number of hydrogen-bond donors (Lipinski definition) is 2. The Hall–Kier alpha value is -3.55. The van der Waals surface area contributed by atoms with Gasteiger partial charge >= 0.3 is 18.2 Å². The first-order chi connectivity index (χ1) is 16.1. The molecule has 1 aliphatic carbocycles. The second kappa shape index (κ2) is 9.37. The Labute approximate surface area is 198 Å². The van der Waals surface area contributed by atoms with Crippen LogP contribution < -0.4 is 5.32 Å². The van der Waals surface area contributed by atoms with Gasteiger partial charge in [-0.1, -0.05) is 48.5 Å². The summed E-state index contributed by atoms with van der Waals surface area (Å²) >= 11 is 0. The Balaban J connectivity index is 1.41. The van der Waals surface area contributed by atoms with Gasteiger partial charge in [-0.2, -0.15) is 0 Å². The van der Waals surface area contributed by atoms with Crippen LogP contribution in [0.3, 0.4) is 0 Å². The quantitative estimate of drug-likeness (QED) is 0.683. The molecular formula is C26H30N2O6. The molecule has 4 rings (SSSR count). The van der Waals surface area contributed by atoms with Crippen LogP contribution in [0.4, 0.5) is 9.59 Å². The highest BCUT2D eigenvalue weighted by molar-refractivity contribution is 5.79. The molecule has 2 aromatic carbocycles. The summed E-state index contributed by atoms with van der Waals surface area (Å²) in [7, 11) is 0. The van der Waals surface area contributed by atoms with Gasteiger partial charge in [-0.3, -0.25) is 4.79 Å². The number of nitrogens with one attached hydrogen (secondary N) is 1. The lowest BCUT2D eigenvalue weighted by Crippen LogP contribution is -2.42. The first-order valence-corrected chi connectivity index (χ1v) is 11.4. The molecule has 2 amide bonds. The number of carboxylic acid groups (broad SMARTS) is 1. The van der Waals surface area contributed by atoms with Crippen molar-refractivity contribution >= 4 is 18.2 Å². The molecule has 2 atom stereocenters. The maximum absolute atomic E-state index is 12.7. The van der Waals surface area contributed by atoms with E-state index in [9.17, 15) is 19.5 Å². The summed E-state index contributed by atoms with van der Waals surface area (Å²) in [5.74, 6) is -1.50. The fourth-order valence-electron chi connectivity index (χ4n) is 4.73. The minimum atomic E-state index is -0.990. The van der Waals surface area contributed by atoms with E-state index >= 15 is 0 Å². The van der Waals surface area contributed by atoms with Crippen molar-refractivity contribution in [2.45, 2.75) is 44.8 Å². The Kier molecular flexibility index (Phi) is 6.50. The monoisotopic (exact) mass is 466 g/mol. The average Bonchev–Trinajstić information content (AvgIpc) is 3.30. The van der Waals surface area contributed by atoms with Crippen molar-refractivity contribution in [3.8, 4) is 11.1 Å². The van der Waals surface area contributed by atoms with Crippen molar-refractivity contribution in [3.63, 3.8) is 0 Å². The SMILES string of the molecule is CC(C)(C)OC(=O)N1C[C@H](CC(=O)O)[C@@H](NC(=O)OCC2c3ccccc3-c3ccccc32)C1. The third-order valence-electron chi connectivity index (χ3n) is 6.18. The topological polar surface area (TPSA) is 105 Å². The van der Waals surface area contributed by atoms with Crippen LogP contribution in [-0.4, -0.2) is 59.5 Å². The summed E-state index contributed by atoms with van der Waals surface area (Å²) in [4.78, 5) is 38.0. The number of likely N-dealkylation sites (tertiary alicyclic amines) is 1. The molecule has 2 N–H and O–H groups in total. The number of amides is 2. The van der Waals surface area contributed by atoms with Crippen molar-refractivity contribution in [1.29, 1.82) is 0 Å². The largest absolute Gasteiger partial charge is 0.481 e. The highest BCUT2D eigenvalue weighted by atomic mass is 16.6. The summed E-state index contributed by atoms with van der Waals surface area (Å²) in [5.41, 5.74) is 3.82. The van der Waals surface area contributed by atoms with Gasteiger partial charge in [0.1, 0.15) is 12.2 Å². The number of carboxylic acids is 1. The number of benzene rings is 2. The number of carbonyl (C=O) groups is 3. The predicted octanol–water partition coefficient (Wildman–Crippen LogP) is 4.24. The van der Waals surface area contributed by atoms with Crippen LogP contribution in [0.25, 0.3) is 11.1 Å². The van der Waals surface area contributed by atoms with E-state index in [1.165, 1.54) is 4.90 Å². The maximum atomic E-state index is 12.7. The number of hydrogen-bond acceptors (Lipinski definition) is 5. The molecule has 0 bridgehead atoms. The maximum Gasteiger partial charge on any atom is 0.410 e. The Morgan fingerprint density at radius 3 is 2.15 bits per heavy atom. The third kappa shape index (κ3) is 5.16. The zero-order valence-corrected chi connectivity index (χ0v) is 19.6. The zero-order chi connectivity index (χ0) is 24.5. The molecule has 1 aliphatic heterocycles. The molecule has 180 valence electrons. The van der Waals surface area contributed by atoms with E-state index in [0.717, 1.165) is 22.3 Å². The number of rotatable bonds is 5. The molecule has 8 heteroatoms.